The summed E-state index contributed by atoms with van der Waals surface area (Å²) < 4.78 is 27.8. The second-order valence-electron chi connectivity index (χ2n) is 3.37. The fraction of sp³-hybridized carbons (Fsp3) is 0.167. The van der Waals surface area contributed by atoms with Crippen molar-refractivity contribution in [3.05, 3.63) is 35.5 Å². The minimum Gasteiger partial charge on any atom is -0.229 e. The van der Waals surface area contributed by atoms with Crippen molar-refractivity contribution < 1.29 is 8.78 Å². The summed E-state index contributed by atoms with van der Waals surface area (Å²) in [6, 6.07) is 5.09. The largest absolute Gasteiger partial charge is 0.320 e. The average molecular weight is 242 g/mol. The predicted molar refractivity (Wildman–Crippen MR) is 55.4 cm³/mol. The Morgan fingerprint density at radius 3 is 1.83 bits per heavy atom. The van der Waals surface area contributed by atoms with E-state index in [9.17, 15) is 8.78 Å². The van der Waals surface area contributed by atoms with Crippen LogP contribution < -0.4 is 0 Å². The lowest BCUT2D eigenvalue weighted by Gasteiger charge is -2.25. The van der Waals surface area contributed by atoms with E-state index in [1.54, 1.807) is 12.1 Å². The van der Waals surface area contributed by atoms with E-state index >= 15 is 0 Å². The van der Waals surface area contributed by atoms with Crippen LogP contribution in [0.3, 0.4) is 0 Å². The normalized spacial score (nSPS) is 21.3. The van der Waals surface area contributed by atoms with Gasteiger partial charge in [-0.25, -0.2) is 8.78 Å². The van der Waals surface area contributed by atoms with Gasteiger partial charge in [-0.2, -0.15) is 21.0 Å². The first-order valence-electron chi connectivity index (χ1n) is 4.59. The van der Waals surface area contributed by atoms with Crippen molar-refractivity contribution in [1.82, 2.24) is 0 Å². The Morgan fingerprint density at radius 2 is 1.50 bits per heavy atom. The molecule has 1 aliphatic carbocycles. The highest BCUT2D eigenvalue weighted by Gasteiger charge is 2.52. The van der Waals surface area contributed by atoms with Gasteiger partial charge in [0.15, 0.2) is 0 Å². The third kappa shape index (κ3) is 1.84. The van der Waals surface area contributed by atoms with Crippen LogP contribution >= 0.6 is 0 Å². The van der Waals surface area contributed by atoms with Gasteiger partial charge >= 0.3 is 5.67 Å². The van der Waals surface area contributed by atoms with Gasteiger partial charge in [0.05, 0.1) is 0 Å². The Bertz CT molecular complexity index is 583. The first-order chi connectivity index (χ1) is 8.46. The summed E-state index contributed by atoms with van der Waals surface area (Å²) in [6.45, 7) is 0. The third-order valence-corrected chi connectivity index (χ3v) is 2.36. The number of nitriles is 4. The highest BCUT2D eigenvalue weighted by molar-refractivity contribution is 5.55. The Labute approximate surface area is 102 Å². The lowest BCUT2D eigenvalue weighted by Crippen LogP contribution is -2.43. The van der Waals surface area contributed by atoms with Crippen molar-refractivity contribution in [2.24, 2.45) is 0 Å². The monoisotopic (exact) mass is 242 g/mol. The molecule has 0 fully saturated rings. The Hall–Kier alpha value is -2.96. The van der Waals surface area contributed by atoms with E-state index in [1.807, 2.05) is 0 Å². The molecule has 0 unspecified atom stereocenters. The molecule has 86 valence electrons. The number of hydrogen-bond acceptors (Lipinski definition) is 4. The highest BCUT2D eigenvalue weighted by Crippen LogP contribution is 2.36. The Morgan fingerprint density at radius 1 is 1.06 bits per heavy atom. The van der Waals surface area contributed by atoms with Crippen molar-refractivity contribution in [3.8, 4) is 24.3 Å². The van der Waals surface area contributed by atoms with E-state index in [0.717, 1.165) is 24.3 Å². The average Bonchev–Trinajstić information content (AvgIpc) is 2.41. The quantitative estimate of drug-likeness (QED) is 0.656. The fourth-order valence-electron chi connectivity index (χ4n) is 1.28. The van der Waals surface area contributed by atoms with Crippen LogP contribution in [0.1, 0.15) is 0 Å². The van der Waals surface area contributed by atoms with Crippen LogP contribution in [-0.2, 0) is 0 Å². The highest BCUT2D eigenvalue weighted by atomic mass is 19.2. The molecule has 0 aromatic rings. The summed E-state index contributed by atoms with van der Waals surface area (Å²) in [7, 11) is 0. The molecule has 1 rings (SSSR count). The Balaban J connectivity index is 3.27. The van der Waals surface area contributed by atoms with E-state index in [-0.39, 0.29) is 11.1 Å². The van der Waals surface area contributed by atoms with E-state index in [0.29, 0.717) is 12.2 Å². The summed E-state index contributed by atoms with van der Waals surface area (Å²) in [4.78, 5) is 0. The maximum Gasteiger partial charge on any atom is 0.320 e. The second kappa shape index (κ2) is 4.50. The third-order valence-electron chi connectivity index (χ3n) is 2.36. The number of halogens is 2. The molecular formula is C12H4F2N4. The molecule has 1 aliphatic rings. The molecule has 0 aromatic carbocycles. The molecule has 0 atom stereocenters. The Kier molecular flexibility index (Phi) is 3.27. The van der Waals surface area contributed by atoms with Crippen LogP contribution in [0.15, 0.2) is 35.5 Å². The van der Waals surface area contributed by atoms with Gasteiger partial charge in [-0.05, 0) is 12.2 Å². The van der Waals surface area contributed by atoms with E-state index in [4.69, 9.17) is 21.0 Å². The molecule has 6 heteroatoms. The fourth-order valence-corrected chi connectivity index (χ4v) is 1.28. The predicted octanol–water partition coefficient (Wildman–Crippen LogP) is 1.92. The zero-order chi connectivity index (χ0) is 13.8. The van der Waals surface area contributed by atoms with Crippen molar-refractivity contribution in [3.63, 3.8) is 0 Å². The van der Waals surface area contributed by atoms with Gasteiger partial charge < -0.3 is 0 Å². The van der Waals surface area contributed by atoms with Crippen LogP contribution in [0.4, 0.5) is 8.78 Å². The molecule has 0 N–H and O–H groups in total. The van der Waals surface area contributed by atoms with Crippen LogP contribution in [0.5, 0.6) is 0 Å². The lowest BCUT2D eigenvalue weighted by atomic mass is 9.83. The lowest BCUT2D eigenvalue weighted by molar-refractivity contribution is 0.124. The smallest absolute Gasteiger partial charge is 0.229 e. The van der Waals surface area contributed by atoms with E-state index < -0.39 is 11.3 Å². The summed E-state index contributed by atoms with van der Waals surface area (Å²) >= 11 is 0. The minimum atomic E-state index is -3.36. The van der Waals surface area contributed by atoms with Gasteiger partial charge in [-0.15, -0.1) is 0 Å². The van der Waals surface area contributed by atoms with Crippen LogP contribution in [-0.4, -0.2) is 11.3 Å². The summed E-state index contributed by atoms with van der Waals surface area (Å²) in [5.74, 6) is 0. The second-order valence-corrected chi connectivity index (χ2v) is 3.37. The van der Waals surface area contributed by atoms with Gasteiger partial charge in [0, 0.05) is 5.57 Å². The topological polar surface area (TPSA) is 95.2 Å². The number of nitrogens with zero attached hydrogens (tertiary/aromatic N) is 4. The minimum absolute atomic E-state index is 0.0894. The van der Waals surface area contributed by atoms with Crippen molar-refractivity contribution in [2.75, 3.05) is 0 Å². The number of allylic oxidation sites excluding steroid dienone is 6. The molecule has 0 radical (unpaired) electrons. The van der Waals surface area contributed by atoms with Crippen LogP contribution in [0.2, 0.25) is 0 Å². The molecule has 0 amide bonds. The van der Waals surface area contributed by atoms with Crippen molar-refractivity contribution in [2.45, 2.75) is 11.3 Å². The van der Waals surface area contributed by atoms with Gasteiger partial charge in [0.2, 0.25) is 5.67 Å². The molecule has 0 aliphatic heterocycles. The van der Waals surface area contributed by atoms with Gasteiger partial charge in [0.1, 0.15) is 29.8 Å². The summed E-state index contributed by atoms with van der Waals surface area (Å²) in [6.07, 6.45) is 3.27. The molecule has 0 heterocycles. The molecular weight excluding hydrogens is 238 g/mol. The van der Waals surface area contributed by atoms with E-state index in [1.165, 1.54) is 0 Å². The van der Waals surface area contributed by atoms with Gasteiger partial charge in [-0.3, -0.25) is 0 Å². The number of rotatable bonds is 1. The molecule has 0 spiro atoms. The standard InChI is InChI=1S/C12H4F2N4/c13-11(12(14,7-17)8-18)3-1-9(2-4-11)10(5-15)6-16/h1-4H. The molecule has 0 bridgehead atoms. The number of alkyl halides is 2. The SMILES string of the molecule is N#CC(C#N)=C1C=CC(F)(C(F)(C#N)C#N)C=C1. The maximum absolute atomic E-state index is 14.1. The first-order valence-corrected chi connectivity index (χ1v) is 4.59. The molecule has 0 saturated carbocycles. The molecule has 0 saturated heterocycles. The van der Waals surface area contributed by atoms with Crippen LogP contribution in [0, 0.1) is 45.3 Å². The molecule has 4 nitrogen and oxygen atoms in total. The summed E-state index contributed by atoms with van der Waals surface area (Å²) in [5, 5.41) is 34.2. The molecule has 0 aromatic heterocycles. The van der Waals surface area contributed by atoms with Gasteiger partial charge in [-0.1, -0.05) is 12.2 Å². The first kappa shape index (κ1) is 13.1. The van der Waals surface area contributed by atoms with E-state index in [2.05, 4.69) is 0 Å². The molecule has 18 heavy (non-hydrogen) atoms. The summed E-state index contributed by atoms with van der Waals surface area (Å²) in [5.41, 5.74) is -6.45. The van der Waals surface area contributed by atoms with Crippen molar-refractivity contribution in [1.29, 1.82) is 21.0 Å². The number of hydrogen-bond donors (Lipinski definition) is 0. The van der Waals surface area contributed by atoms with Gasteiger partial charge in [0.25, 0.3) is 0 Å². The zero-order valence-electron chi connectivity index (χ0n) is 8.85. The van der Waals surface area contributed by atoms with Crippen LogP contribution in [0.25, 0.3) is 0 Å². The zero-order valence-corrected chi connectivity index (χ0v) is 8.85. The van der Waals surface area contributed by atoms with Crippen molar-refractivity contribution >= 4 is 0 Å². The maximum atomic E-state index is 14.1.